The van der Waals surface area contributed by atoms with Gasteiger partial charge in [-0.1, -0.05) is 0 Å². The minimum absolute atomic E-state index is 0.0642. The zero-order chi connectivity index (χ0) is 14.5. The van der Waals surface area contributed by atoms with Crippen LogP contribution in [0.25, 0.3) is 0 Å². The Kier molecular flexibility index (Phi) is 4.60. The predicted molar refractivity (Wildman–Crippen MR) is 72.0 cm³/mol. The molecule has 1 aromatic rings. The van der Waals surface area contributed by atoms with Gasteiger partial charge in [0.1, 0.15) is 0 Å². The maximum atomic E-state index is 11.7. The van der Waals surface area contributed by atoms with Gasteiger partial charge in [0.25, 0.3) is 0 Å². The molecule has 110 valence electrons. The van der Waals surface area contributed by atoms with Crippen LogP contribution in [0.15, 0.2) is 12.3 Å². The molecule has 0 bridgehead atoms. The van der Waals surface area contributed by atoms with Gasteiger partial charge in [-0.05, 0) is 31.7 Å². The van der Waals surface area contributed by atoms with E-state index in [1.165, 1.54) is 0 Å². The fourth-order valence-corrected chi connectivity index (χ4v) is 2.45. The summed E-state index contributed by atoms with van der Waals surface area (Å²) in [7, 11) is 1.82. The Morgan fingerprint density at radius 3 is 2.65 bits per heavy atom. The minimum Gasteiger partial charge on any atom is -0.481 e. The SMILES string of the molecule is Cn1ccc(CNC(=O)NC2CCC(C(=O)O)CC2)n1. The van der Waals surface area contributed by atoms with Crippen molar-refractivity contribution in [2.75, 3.05) is 0 Å². The Labute approximate surface area is 117 Å². The first-order valence-electron chi connectivity index (χ1n) is 6.80. The number of carbonyl (C=O) groups excluding carboxylic acids is 1. The van der Waals surface area contributed by atoms with Gasteiger partial charge >= 0.3 is 12.0 Å². The van der Waals surface area contributed by atoms with E-state index in [2.05, 4.69) is 15.7 Å². The Bertz CT molecular complexity index is 478. The van der Waals surface area contributed by atoms with Gasteiger partial charge in [0, 0.05) is 19.3 Å². The summed E-state index contributed by atoms with van der Waals surface area (Å²) in [5.74, 6) is -0.993. The molecule has 1 aliphatic rings. The number of hydrogen-bond donors (Lipinski definition) is 3. The number of carbonyl (C=O) groups is 2. The fourth-order valence-electron chi connectivity index (χ4n) is 2.45. The van der Waals surface area contributed by atoms with Gasteiger partial charge in [0.15, 0.2) is 0 Å². The summed E-state index contributed by atoms with van der Waals surface area (Å²) in [4.78, 5) is 22.6. The number of urea groups is 1. The number of carboxylic acid groups (broad SMARTS) is 1. The van der Waals surface area contributed by atoms with Crippen LogP contribution >= 0.6 is 0 Å². The molecule has 0 radical (unpaired) electrons. The summed E-state index contributed by atoms with van der Waals surface area (Å²) in [6.07, 6.45) is 4.51. The first-order chi connectivity index (χ1) is 9.54. The highest BCUT2D eigenvalue weighted by Gasteiger charge is 2.26. The second-order valence-electron chi connectivity index (χ2n) is 5.19. The highest BCUT2D eigenvalue weighted by atomic mass is 16.4. The lowest BCUT2D eigenvalue weighted by atomic mass is 9.86. The molecule has 2 rings (SSSR count). The largest absolute Gasteiger partial charge is 0.481 e. The van der Waals surface area contributed by atoms with E-state index in [4.69, 9.17) is 5.11 Å². The molecule has 0 saturated heterocycles. The molecule has 1 aromatic heterocycles. The van der Waals surface area contributed by atoms with Crippen LogP contribution in [-0.4, -0.2) is 32.9 Å². The van der Waals surface area contributed by atoms with Crippen molar-refractivity contribution in [1.29, 1.82) is 0 Å². The van der Waals surface area contributed by atoms with E-state index in [9.17, 15) is 9.59 Å². The van der Waals surface area contributed by atoms with Crippen LogP contribution in [-0.2, 0) is 18.4 Å². The third-order valence-electron chi connectivity index (χ3n) is 3.61. The molecule has 2 amide bonds. The van der Waals surface area contributed by atoms with Gasteiger partial charge in [0.2, 0.25) is 0 Å². The summed E-state index contributed by atoms with van der Waals surface area (Å²) in [5, 5.41) is 18.7. The highest BCUT2D eigenvalue weighted by Crippen LogP contribution is 2.24. The number of aromatic nitrogens is 2. The summed E-state index contributed by atoms with van der Waals surface area (Å²) in [6, 6.07) is 1.68. The number of rotatable bonds is 4. The van der Waals surface area contributed by atoms with Crippen LogP contribution in [0.5, 0.6) is 0 Å². The minimum atomic E-state index is -0.733. The Hall–Kier alpha value is -2.05. The molecular weight excluding hydrogens is 260 g/mol. The van der Waals surface area contributed by atoms with Crippen LogP contribution < -0.4 is 10.6 Å². The van der Waals surface area contributed by atoms with Crippen LogP contribution in [0.2, 0.25) is 0 Å². The third kappa shape index (κ3) is 3.97. The monoisotopic (exact) mass is 280 g/mol. The number of nitrogens with one attached hydrogen (secondary N) is 2. The molecule has 0 unspecified atom stereocenters. The molecule has 0 spiro atoms. The van der Waals surface area contributed by atoms with E-state index >= 15 is 0 Å². The number of hydrogen-bond acceptors (Lipinski definition) is 3. The van der Waals surface area contributed by atoms with Crippen molar-refractivity contribution < 1.29 is 14.7 Å². The molecule has 0 aromatic carbocycles. The van der Waals surface area contributed by atoms with Gasteiger partial charge in [-0.15, -0.1) is 0 Å². The summed E-state index contributed by atoms with van der Waals surface area (Å²) < 4.78 is 1.68. The zero-order valence-corrected chi connectivity index (χ0v) is 11.5. The molecule has 7 nitrogen and oxygen atoms in total. The summed E-state index contributed by atoms with van der Waals surface area (Å²) in [5.41, 5.74) is 0.803. The van der Waals surface area contributed by atoms with E-state index in [1.807, 2.05) is 19.3 Å². The Morgan fingerprint density at radius 1 is 1.40 bits per heavy atom. The second-order valence-corrected chi connectivity index (χ2v) is 5.19. The lowest BCUT2D eigenvalue weighted by molar-refractivity contribution is -0.142. The molecule has 1 heterocycles. The molecule has 1 saturated carbocycles. The average molecular weight is 280 g/mol. The van der Waals surface area contributed by atoms with Crippen molar-refractivity contribution in [1.82, 2.24) is 20.4 Å². The smallest absolute Gasteiger partial charge is 0.315 e. The number of amides is 2. The van der Waals surface area contributed by atoms with Crippen molar-refractivity contribution in [3.05, 3.63) is 18.0 Å². The number of aliphatic carboxylic acids is 1. The van der Waals surface area contributed by atoms with Crippen LogP contribution in [0, 0.1) is 5.92 Å². The van der Waals surface area contributed by atoms with Gasteiger partial charge in [-0.2, -0.15) is 5.10 Å². The molecule has 0 atom stereocenters. The average Bonchev–Trinajstić information content (AvgIpc) is 2.83. The van der Waals surface area contributed by atoms with Gasteiger partial charge in [-0.25, -0.2) is 4.79 Å². The Morgan fingerprint density at radius 2 is 2.10 bits per heavy atom. The highest BCUT2D eigenvalue weighted by molar-refractivity contribution is 5.74. The van der Waals surface area contributed by atoms with E-state index in [1.54, 1.807) is 4.68 Å². The van der Waals surface area contributed by atoms with Crippen molar-refractivity contribution in [2.24, 2.45) is 13.0 Å². The van der Waals surface area contributed by atoms with Crippen molar-refractivity contribution in [2.45, 2.75) is 38.3 Å². The van der Waals surface area contributed by atoms with Gasteiger partial charge in [0.05, 0.1) is 18.2 Å². The molecule has 7 heteroatoms. The fraction of sp³-hybridized carbons (Fsp3) is 0.615. The van der Waals surface area contributed by atoms with Crippen molar-refractivity contribution in [3.63, 3.8) is 0 Å². The quantitative estimate of drug-likeness (QED) is 0.762. The Balaban J connectivity index is 1.69. The van der Waals surface area contributed by atoms with Crippen molar-refractivity contribution in [3.8, 4) is 0 Å². The molecular formula is C13H20N4O3. The first kappa shape index (κ1) is 14.4. The van der Waals surface area contributed by atoms with Gasteiger partial charge in [-0.3, -0.25) is 9.48 Å². The molecule has 0 aliphatic heterocycles. The van der Waals surface area contributed by atoms with E-state index in [0.717, 1.165) is 5.69 Å². The predicted octanol–water partition coefficient (Wildman–Crippen LogP) is 0.863. The third-order valence-corrected chi connectivity index (χ3v) is 3.61. The van der Waals surface area contributed by atoms with E-state index in [0.29, 0.717) is 32.2 Å². The van der Waals surface area contributed by atoms with Crippen LogP contribution in [0.4, 0.5) is 4.79 Å². The number of carboxylic acids is 1. The van der Waals surface area contributed by atoms with Crippen LogP contribution in [0.3, 0.4) is 0 Å². The molecule has 1 aliphatic carbocycles. The van der Waals surface area contributed by atoms with Gasteiger partial charge < -0.3 is 15.7 Å². The lowest BCUT2D eigenvalue weighted by Gasteiger charge is -2.26. The maximum absolute atomic E-state index is 11.7. The number of aryl methyl sites for hydroxylation is 1. The van der Waals surface area contributed by atoms with E-state index in [-0.39, 0.29) is 18.0 Å². The molecule has 3 N–H and O–H groups in total. The second kappa shape index (κ2) is 6.40. The summed E-state index contributed by atoms with van der Waals surface area (Å²) in [6.45, 7) is 0.386. The standard InChI is InChI=1S/C13H20N4O3/c1-17-7-6-11(16-17)8-14-13(20)15-10-4-2-9(3-5-10)12(18)19/h6-7,9-10H,2-5,8H2,1H3,(H,18,19)(H2,14,15,20). The zero-order valence-electron chi connectivity index (χ0n) is 11.5. The molecule has 20 heavy (non-hydrogen) atoms. The first-order valence-corrected chi connectivity index (χ1v) is 6.80. The normalized spacial score (nSPS) is 22.2. The topological polar surface area (TPSA) is 96.2 Å². The number of nitrogens with zero attached hydrogens (tertiary/aromatic N) is 2. The molecule has 1 fully saturated rings. The lowest BCUT2D eigenvalue weighted by Crippen LogP contribution is -2.43. The van der Waals surface area contributed by atoms with Crippen LogP contribution in [0.1, 0.15) is 31.4 Å². The summed E-state index contributed by atoms with van der Waals surface area (Å²) >= 11 is 0. The maximum Gasteiger partial charge on any atom is 0.315 e. The van der Waals surface area contributed by atoms with Crippen molar-refractivity contribution >= 4 is 12.0 Å². The van der Waals surface area contributed by atoms with E-state index < -0.39 is 5.97 Å².